The van der Waals surface area contributed by atoms with Crippen LogP contribution in [0.2, 0.25) is 0 Å². The maximum Gasteiger partial charge on any atom is 0.191 e. The van der Waals surface area contributed by atoms with Crippen molar-refractivity contribution in [1.29, 1.82) is 0 Å². The maximum absolute atomic E-state index is 5.68. The van der Waals surface area contributed by atoms with Crippen molar-refractivity contribution in [1.82, 2.24) is 4.90 Å². The van der Waals surface area contributed by atoms with E-state index in [1.165, 1.54) is 32.4 Å². The lowest BCUT2D eigenvalue weighted by Crippen LogP contribution is -2.33. The van der Waals surface area contributed by atoms with Crippen LogP contribution in [0.3, 0.4) is 0 Å². The van der Waals surface area contributed by atoms with Crippen molar-refractivity contribution < 1.29 is 9.47 Å². The van der Waals surface area contributed by atoms with Crippen molar-refractivity contribution in [2.45, 2.75) is 26.2 Å². The molecule has 0 bridgehead atoms. The summed E-state index contributed by atoms with van der Waals surface area (Å²) in [4.78, 5) is 2.45. The van der Waals surface area contributed by atoms with Gasteiger partial charge in [0.25, 0.3) is 0 Å². The largest absolute Gasteiger partial charge is 0.494 e. The zero-order valence-electron chi connectivity index (χ0n) is 12.1. The molecule has 1 aromatic rings. The van der Waals surface area contributed by atoms with Crippen LogP contribution in [0.4, 0.5) is 0 Å². The summed E-state index contributed by atoms with van der Waals surface area (Å²) in [5, 5.41) is 0.574. The van der Waals surface area contributed by atoms with Gasteiger partial charge in [-0.25, -0.2) is 0 Å². The molecule has 20 heavy (non-hydrogen) atoms. The predicted molar refractivity (Wildman–Crippen MR) is 85.6 cm³/mol. The third-order valence-electron chi connectivity index (χ3n) is 3.49. The number of thiocarbonyl (C=S) groups is 1. The van der Waals surface area contributed by atoms with Crippen LogP contribution < -0.4 is 4.74 Å². The number of nitrogens with zero attached hydrogens (tertiary/aromatic N) is 1. The minimum atomic E-state index is 0.574. The highest BCUT2D eigenvalue weighted by Gasteiger charge is 2.10. The molecule has 1 heterocycles. The lowest BCUT2D eigenvalue weighted by molar-refractivity contribution is 0.181. The van der Waals surface area contributed by atoms with Gasteiger partial charge in [0.05, 0.1) is 6.61 Å². The molecule has 0 N–H and O–H groups in total. The van der Waals surface area contributed by atoms with Gasteiger partial charge in [-0.1, -0.05) is 6.42 Å². The number of piperidine rings is 1. The second-order valence-electron chi connectivity index (χ2n) is 5.00. The van der Waals surface area contributed by atoms with Crippen LogP contribution in [-0.2, 0) is 4.74 Å². The van der Waals surface area contributed by atoms with E-state index in [0.29, 0.717) is 18.3 Å². The van der Waals surface area contributed by atoms with E-state index in [2.05, 4.69) is 4.90 Å². The summed E-state index contributed by atoms with van der Waals surface area (Å²) in [7, 11) is 0. The van der Waals surface area contributed by atoms with Crippen LogP contribution in [0, 0.1) is 0 Å². The third-order valence-corrected chi connectivity index (χ3v) is 3.84. The summed E-state index contributed by atoms with van der Waals surface area (Å²) < 4.78 is 11.1. The van der Waals surface area contributed by atoms with Gasteiger partial charge in [-0.05, 0) is 69.3 Å². The Balaban J connectivity index is 1.73. The van der Waals surface area contributed by atoms with Crippen LogP contribution in [0.5, 0.6) is 5.75 Å². The molecule has 0 aromatic heterocycles. The van der Waals surface area contributed by atoms with Gasteiger partial charge in [-0.15, -0.1) is 0 Å². The topological polar surface area (TPSA) is 21.7 Å². The second-order valence-corrected chi connectivity index (χ2v) is 5.37. The third kappa shape index (κ3) is 4.76. The Bertz CT molecular complexity index is 413. The van der Waals surface area contributed by atoms with Gasteiger partial charge in [-0.2, -0.15) is 0 Å². The highest BCUT2D eigenvalue weighted by molar-refractivity contribution is 7.80. The molecule has 110 valence electrons. The van der Waals surface area contributed by atoms with Gasteiger partial charge in [0, 0.05) is 12.1 Å². The monoisotopic (exact) mass is 293 g/mol. The Morgan fingerprint density at radius 1 is 1.15 bits per heavy atom. The Labute approximate surface area is 126 Å². The van der Waals surface area contributed by atoms with E-state index >= 15 is 0 Å². The fourth-order valence-corrected chi connectivity index (χ4v) is 2.61. The quantitative estimate of drug-likeness (QED) is 0.750. The standard InChI is InChI=1S/C16H23NO2S/c1-2-18-15-8-6-14(7-9-15)16(20)19-13-12-17-10-4-3-5-11-17/h6-9H,2-5,10-13H2,1H3. The molecule has 0 unspecified atom stereocenters. The fraction of sp³-hybridized carbons (Fsp3) is 0.562. The van der Waals surface area contributed by atoms with E-state index < -0.39 is 0 Å². The van der Waals surface area contributed by atoms with Crippen molar-refractivity contribution >= 4 is 17.3 Å². The molecule has 1 saturated heterocycles. The molecule has 1 fully saturated rings. The van der Waals surface area contributed by atoms with Gasteiger partial charge in [0.2, 0.25) is 0 Å². The minimum absolute atomic E-state index is 0.574. The van der Waals surface area contributed by atoms with Gasteiger partial charge >= 0.3 is 0 Å². The zero-order valence-corrected chi connectivity index (χ0v) is 13.0. The molecular weight excluding hydrogens is 270 g/mol. The van der Waals surface area contributed by atoms with Crippen molar-refractivity contribution in [2.75, 3.05) is 32.8 Å². The number of hydrogen-bond donors (Lipinski definition) is 0. The Morgan fingerprint density at radius 3 is 2.50 bits per heavy atom. The molecule has 0 amide bonds. The molecule has 1 aliphatic rings. The highest BCUT2D eigenvalue weighted by Crippen LogP contribution is 2.13. The summed E-state index contributed by atoms with van der Waals surface area (Å²) in [6.07, 6.45) is 3.98. The van der Waals surface area contributed by atoms with Gasteiger partial charge in [0.1, 0.15) is 12.4 Å². The molecule has 1 aliphatic heterocycles. The van der Waals surface area contributed by atoms with Gasteiger partial charge in [0.15, 0.2) is 5.05 Å². The van der Waals surface area contributed by atoms with Gasteiger partial charge in [-0.3, -0.25) is 4.90 Å². The van der Waals surface area contributed by atoms with Crippen LogP contribution in [0.25, 0.3) is 0 Å². The van der Waals surface area contributed by atoms with Crippen molar-refractivity contribution in [3.8, 4) is 5.75 Å². The Hall–Kier alpha value is -1.13. The molecule has 0 saturated carbocycles. The molecular formula is C16H23NO2S. The first-order valence-corrected chi connectivity index (χ1v) is 7.83. The van der Waals surface area contributed by atoms with E-state index in [9.17, 15) is 0 Å². The van der Waals surface area contributed by atoms with Gasteiger partial charge < -0.3 is 9.47 Å². The average molecular weight is 293 g/mol. The first kappa shape index (κ1) is 15.3. The lowest BCUT2D eigenvalue weighted by Gasteiger charge is -2.26. The SMILES string of the molecule is CCOc1ccc(C(=S)OCCN2CCCCC2)cc1. The molecule has 0 atom stereocenters. The van der Waals surface area contributed by atoms with Crippen LogP contribution >= 0.6 is 12.2 Å². The molecule has 2 rings (SSSR count). The molecule has 0 radical (unpaired) electrons. The van der Waals surface area contributed by atoms with E-state index in [-0.39, 0.29) is 0 Å². The Morgan fingerprint density at radius 2 is 1.85 bits per heavy atom. The van der Waals surface area contributed by atoms with E-state index in [0.717, 1.165) is 17.9 Å². The first-order chi connectivity index (χ1) is 9.79. The summed E-state index contributed by atoms with van der Waals surface area (Å²) in [6, 6.07) is 7.76. The highest BCUT2D eigenvalue weighted by atomic mass is 32.1. The molecule has 0 spiro atoms. The number of likely N-dealkylation sites (tertiary alicyclic amines) is 1. The molecule has 4 heteroatoms. The van der Waals surface area contributed by atoms with Crippen LogP contribution in [0.1, 0.15) is 31.7 Å². The van der Waals surface area contributed by atoms with Crippen molar-refractivity contribution in [3.05, 3.63) is 29.8 Å². The van der Waals surface area contributed by atoms with Crippen molar-refractivity contribution in [2.24, 2.45) is 0 Å². The van der Waals surface area contributed by atoms with E-state index in [1.807, 2.05) is 31.2 Å². The van der Waals surface area contributed by atoms with Crippen LogP contribution in [0.15, 0.2) is 24.3 Å². The smallest absolute Gasteiger partial charge is 0.191 e. The summed E-state index contributed by atoms with van der Waals surface area (Å²) in [6.45, 7) is 6.68. The first-order valence-electron chi connectivity index (χ1n) is 7.42. The predicted octanol–water partition coefficient (Wildman–Crippen LogP) is 3.26. The lowest BCUT2D eigenvalue weighted by atomic mass is 10.1. The average Bonchev–Trinajstić information content (AvgIpc) is 2.49. The van der Waals surface area contributed by atoms with Crippen molar-refractivity contribution in [3.63, 3.8) is 0 Å². The summed E-state index contributed by atoms with van der Waals surface area (Å²) >= 11 is 5.31. The number of ether oxygens (including phenoxy) is 2. The fourth-order valence-electron chi connectivity index (χ4n) is 2.39. The summed E-state index contributed by atoms with van der Waals surface area (Å²) in [5.41, 5.74) is 0.946. The van der Waals surface area contributed by atoms with Crippen LogP contribution in [-0.4, -0.2) is 42.8 Å². The normalized spacial score (nSPS) is 15.8. The zero-order chi connectivity index (χ0) is 14.2. The number of rotatable bonds is 6. The molecule has 0 aliphatic carbocycles. The van der Waals surface area contributed by atoms with E-state index in [1.54, 1.807) is 0 Å². The Kier molecular flexibility index (Phi) is 6.27. The minimum Gasteiger partial charge on any atom is -0.494 e. The molecule has 1 aromatic carbocycles. The summed E-state index contributed by atoms with van der Waals surface area (Å²) in [5.74, 6) is 0.868. The number of hydrogen-bond acceptors (Lipinski definition) is 4. The maximum atomic E-state index is 5.68. The number of benzene rings is 1. The molecule has 3 nitrogen and oxygen atoms in total. The second kappa shape index (κ2) is 8.22. The van der Waals surface area contributed by atoms with E-state index in [4.69, 9.17) is 21.7 Å².